The quantitative estimate of drug-likeness (QED) is 0.918. The van der Waals surface area contributed by atoms with E-state index in [0.717, 1.165) is 17.7 Å². The van der Waals surface area contributed by atoms with Crippen LogP contribution >= 0.6 is 11.8 Å². The Kier molecular flexibility index (Phi) is 4.89. The molecule has 1 fully saturated rings. The first-order valence-corrected chi connectivity index (χ1v) is 8.97. The minimum atomic E-state index is -3.35. The highest BCUT2D eigenvalue weighted by Crippen LogP contribution is 2.26. The number of hydrogen-bond donors (Lipinski definition) is 1. The number of sulfonamides is 1. The lowest BCUT2D eigenvalue weighted by Gasteiger charge is -2.31. The topological polar surface area (TPSA) is 63.4 Å². The summed E-state index contributed by atoms with van der Waals surface area (Å²) in [5.74, 6) is 0.874. The molecule has 0 bridgehead atoms. The van der Waals surface area contributed by atoms with E-state index < -0.39 is 10.0 Å². The maximum atomic E-state index is 12.5. The molecule has 1 atom stereocenters. The Morgan fingerprint density at radius 1 is 1.37 bits per heavy atom. The zero-order valence-corrected chi connectivity index (χ0v) is 12.7. The van der Waals surface area contributed by atoms with Crippen molar-refractivity contribution in [2.45, 2.75) is 30.0 Å². The lowest BCUT2D eigenvalue weighted by Crippen LogP contribution is -2.41. The van der Waals surface area contributed by atoms with Crippen molar-refractivity contribution in [1.29, 1.82) is 0 Å². The van der Waals surface area contributed by atoms with Crippen LogP contribution in [0.1, 0.15) is 18.9 Å². The van der Waals surface area contributed by atoms with Crippen LogP contribution in [0.5, 0.6) is 0 Å². The summed E-state index contributed by atoms with van der Waals surface area (Å²) in [6.07, 6.45) is 1.00. The SMILES string of the molecule is CCC1CN(S(=O)(=O)c2ccc(CN)cc2)CCS1. The van der Waals surface area contributed by atoms with Crippen LogP contribution in [-0.2, 0) is 16.6 Å². The molecule has 0 aliphatic carbocycles. The maximum absolute atomic E-state index is 12.5. The van der Waals surface area contributed by atoms with Crippen LogP contribution in [0.2, 0.25) is 0 Å². The average Bonchev–Trinajstić information content (AvgIpc) is 2.47. The molecule has 1 aliphatic heterocycles. The molecule has 0 amide bonds. The van der Waals surface area contributed by atoms with Crippen molar-refractivity contribution in [1.82, 2.24) is 4.31 Å². The van der Waals surface area contributed by atoms with Gasteiger partial charge in [-0.2, -0.15) is 16.1 Å². The minimum absolute atomic E-state index is 0.367. The lowest BCUT2D eigenvalue weighted by atomic mass is 10.2. The number of hydrogen-bond acceptors (Lipinski definition) is 4. The molecule has 2 N–H and O–H groups in total. The van der Waals surface area contributed by atoms with Crippen LogP contribution in [0.25, 0.3) is 0 Å². The van der Waals surface area contributed by atoms with Crippen LogP contribution in [-0.4, -0.2) is 36.8 Å². The summed E-state index contributed by atoms with van der Waals surface area (Å²) in [4.78, 5) is 0.367. The highest BCUT2D eigenvalue weighted by atomic mass is 32.2. The second-order valence-electron chi connectivity index (χ2n) is 4.61. The molecule has 1 aromatic carbocycles. The normalized spacial score (nSPS) is 21.5. The van der Waals surface area contributed by atoms with Crippen molar-refractivity contribution < 1.29 is 8.42 Å². The molecule has 0 spiro atoms. The van der Waals surface area contributed by atoms with Crippen molar-refractivity contribution in [3.8, 4) is 0 Å². The summed E-state index contributed by atoms with van der Waals surface area (Å²) in [5, 5.41) is 0.409. The van der Waals surface area contributed by atoms with Gasteiger partial charge in [0.05, 0.1) is 4.90 Å². The Morgan fingerprint density at radius 3 is 2.63 bits per heavy atom. The molecule has 0 saturated carbocycles. The van der Waals surface area contributed by atoms with Crippen molar-refractivity contribution in [3.05, 3.63) is 29.8 Å². The molecule has 19 heavy (non-hydrogen) atoms. The third-order valence-electron chi connectivity index (χ3n) is 3.35. The smallest absolute Gasteiger partial charge is 0.243 e. The molecule has 1 saturated heterocycles. The van der Waals surface area contributed by atoms with Gasteiger partial charge in [-0.25, -0.2) is 8.42 Å². The Labute approximate surface area is 119 Å². The largest absolute Gasteiger partial charge is 0.326 e. The number of benzene rings is 1. The van der Waals surface area contributed by atoms with Gasteiger partial charge < -0.3 is 5.73 Å². The fourth-order valence-electron chi connectivity index (χ4n) is 2.10. The Hall–Kier alpha value is -0.560. The second kappa shape index (κ2) is 6.26. The number of nitrogens with zero attached hydrogens (tertiary/aromatic N) is 1. The van der Waals surface area contributed by atoms with Crippen molar-refractivity contribution in [2.75, 3.05) is 18.8 Å². The van der Waals surface area contributed by atoms with Crippen LogP contribution in [0, 0.1) is 0 Å². The highest BCUT2D eigenvalue weighted by molar-refractivity contribution is 8.00. The number of rotatable bonds is 4. The summed E-state index contributed by atoms with van der Waals surface area (Å²) >= 11 is 1.86. The lowest BCUT2D eigenvalue weighted by molar-refractivity contribution is 0.416. The van der Waals surface area contributed by atoms with Gasteiger partial charge in [-0.05, 0) is 24.1 Å². The van der Waals surface area contributed by atoms with E-state index in [1.54, 1.807) is 28.6 Å². The predicted molar refractivity (Wildman–Crippen MR) is 79.6 cm³/mol. The van der Waals surface area contributed by atoms with Gasteiger partial charge in [0, 0.05) is 30.6 Å². The van der Waals surface area contributed by atoms with E-state index in [2.05, 4.69) is 6.92 Å². The van der Waals surface area contributed by atoms with Gasteiger partial charge in [0.15, 0.2) is 0 Å². The molecule has 2 rings (SSSR count). The van der Waals surface area contributed by atoms with E-state index in [1.165, 1.54) is 0 Å². The van der Waals surface area contributed by atoms with Crippen LogP contribution in [0.4, 0.5) is 0 Å². The van der Waals surface area contributed by atoms with Crippen molar-refractivity contribution >= 4 is 21.8 Å². The molecule has 0 radical (unpaired) electrons. The standard InChI is InChI=1S/C13H20N2O2S2/c1-2-12-10-15(7-8-18-12)19(16,17)13-5-3-11(9-14)4-6-13/h3-6,12H,2,7-10,14H2,1H3. The third-order valence-corrected chi connectivity index (χ3v) is 6.61. The van der Waals surface area contributed by atoms with Gasteiger partial charge in [-0.1, -0.05) is 19.1 Å². The third kappa shape index (κ3) is 3.31. The monoisotopic (exact) mass is 300 g/mol. The Bertz CT molecular complexity index is 514. The predicted octanol–water partition coefficient (Wildman–Crippen LogP) is 1.66. The first-order valence-electron chi connectivity index (χ1n) is 6.48. The molecule has 1 unspecified atom stereocenters. The molecule has 0 aromatic heterocycles. The minimum Gasteiger partial charge on any atom is -0.326 e. The Morgan fingerprint density at radius 2 is 2.05 bits per heavy atom. The van der Waals surface area contributed by atoms with Gasteiger partial charge in [0.1, 0.15) is 0 Å². The summed E-state index contributed by atoms with van der Waals surface area (Å²) < 4.78 is 26.7. The first-order chi connectivity index (χ1) is 9.07. The summed E-state index contributed by atoms with van der Waals surface area (Å²) in [5.41, 5.74) is 6.47. The zero-order valence-electron chi connectivity index (χ0n) is 11.1. The summed E-state index contributed by atoms with van der Waals surface area (Å²) in [7, 11) is -3.35. The Balaban J connectivity index is 2.20. The molecular weight excluding hydrogens is 280 g/mol. The average molecular weight is 300 g/mol. The maximum Gasteiger partial charge on any atom is 0.243 e. The zero-order chi connectivity index (χ0) is 13.9. The van der Waals surface area contributed by atoms with E-state index in [0.29, 0.717) is 29.8 Å². The van der Waals surface area contributed by atoms with Crippen LogP contribution < -0.4 is 5.73 Å². The second-order valence-corrected chi connectivity index (χ2v) is 7.96. The number of nitrogens with two attached hydrogens (primary N) is 1. The van der Waals surface area contributed by atoms with E-state index in [9.17, 15) is 8.42 Å². The van der Waals surface area contributed by atoms with Gasteiger partial charge in [-0.3, -0.25) is 0 Å². The summed E-state index contributed by atoms with van der Waals surface area (Å²) in [6.45, 7) is 3.74. The molecule has 6 heteroatoms. The molecule has 1 heterocycles. The highest BCUT2D eigenvalue weighted by Gasteiger charge is 2.29. The van der Waals surface area contributed by atoms with Crippen molar-refractivity contribution in [3.63, 3.8) is 0 Å². The molecule has 4 nitrogen and oxygen atoms in total. The molecular formula is C13H20N2O2S2. The fraction of sp³-hybridized carbons (Fsp3) is 0.538. The van der Waals surface area contributed by atoms with Crippen LogP contribution in [0.3, 0.4) is 0 Å². The van der Waals surface area contributed by atoms with Gasteiger partial charge in [0.2, 0.25) is 10.0 Å². The molecule has 1 aromatic rings. The summed E-state index contributed by atoms with van der Waals surface area (Å²) in [6, 6.07) is 6.87. The van der Waals surface area contributed by atoms with E-state index in [1.807, 2.05) is 11.8 Å². The molecule has 106 valence electrons. The fourth-order valence-corrected chi connectivity index (χ4v) is 4.98. The van der Waals surface area contributed by atoms with Crippen molar-refractivity contribution in [2.24, 2.45) is 5.73 Å². The van der Waals surface area contributed by atoms with E-state index in [-0.39, 0.29) is 0 Å². The van der Waals surface area contributed by atoms with Crippen LogP contribution in [0.15, 0.2) is 29.2 Å². The van der Waals surface area contributed by atoms with E-state index >= 15 is 0 Å². The van der Waals surface area contributed by atoms with Gasteiger partial charge in [-0.15, -0.1) is 0 Å². The van der Waals surface area contributed by atoms with Gasteiger partial charge in [0.25, 0.3) is 0 Å². The van der Waals surface area contributed by atoms with Gasteiger partial charge >= 0.3 is 0 Å². The first kappa shape index (κ1) is 14.8. The molecule has 1 aliphatic rings. The number of thioether (sulfide) groups is 1. The van der Waals surface area contributed by atoms with E-state index in [4.69, 9.17) is 5.73 Å².